The van der Waals surface area contributed by atoms with Gasteiger partial charge in [-0.2, -0.15) is 0 Å². The van der Waals surface area contributed by atoms with E-state index in [0.29, 0.717) is 22.3 Å². The molecular weight excluding hydrogens is 316 g/mol. The molecule has 0 N–H and O–H groups in total. The molecule has 0 bridgehead atoms. The molecule has 0 radical (unpaired) electrons. The highest BCUT2D eigenvalue weighted by Crippen LogP contribution is 2.33. The molecule has 1 aliphatic heterocycles. The number of carbonyl (C=O) groups is 1. The Morgan fingerprint density at radius 3 is 2.83 bits per heavy atom. The molecule has 1 aromatic heterocycles. The minimum absolute atomic E-state index is 0.0370. The predicted molar refractivity (Wildman–Crippen MR) is 87.8 cm³/mol. The molecule has 0 aliphatic carbocycles. The molecule has 1 amide bonds. The number of aryl methyl sites for hydroxylation is 1. The highest BCUT2D eigenvalue weighted by atomic mass is 35.5. The van der Waals surface area contributed by atoms with Crippen molar-refractivity contribution in [3.63, 3.8) is 0 Å². The summed E-state index contributed by atoms with van der Waals surface area (Å²) in [5, 5.41) is 0.628. The first-order chi connectivity index (χ1) is 11.1. The standard InChI is InChI=1S/C16H15ClN4O2/c1-10-5-14(23-9-15-20-8-16(22)21(15)2)11(6-12(10)17)13-7-18-3-4-19-13/h3-7H,8-9H2,1-2H3. The van der Waals surface area contributed by atoms with Gasteiger partial charge in [-0.3, -0.25) is 24.7 Å². The van der Waals surface area contributed by atoms with Crippen LogP contribution in [0, 0.1) is 6.92 Å². The Morgan fingerprint density at radius 2 is 2.17 bits per heavy atom. The number of likely N-dealkylation sites (N-methyl/N-ethyl adjacent to an activating group) is 1. The third-order valence-corrected chi connectivity index (χ3v) is 4.02. The van der Waals surface area contributed by atoms with Gasteiger partial charge in [0.2, 0.25) is 5.91 Å². The van der Waals surface area contributed by atoms with Crippen molar-refractivity contribution in [3.8, 4) is 17.0 Å². The molecule has 3 rings (SSSR count). The van der Waals surface area contributed by atoms with E-state index in [0.717, 1.165) is 11.1 Å². The van der Waals surface area contributed by atoms with E-state index in [1.54, 1.807) is 25.6 Å². The Labute approximate surface area is 138 Å². The van der Waals surface area contributed by atoms with E-state index in [1.165, 1.54) is 4.90 Å². The lowest BCUT2D eigenvalue weighted by molar-refractivity contribution is -0.124. The first-order valence-electron chi connectivity index (χ1n) is 7.05. The van der Waals surface area contributed by atoms with E-state index >= 15 is 0 Å². The van der Waals surface area contributed by atoms with E-state index in [-0.39, 0.29) is 19.1 Å². The summed E-state index contributed by atoms with van der Waals surface area (Å²) in [6, 6.07) is 3.66. The van der Waals surface area contributed by atoms with Gasteiger partial charge in [0.15, 0.2) is 0 Å². The lowest BCUT2D eigenvalue weighted by Crippen LogP contribution is -2.31. The summed E-state index contributed by atoms with van der Waals surface area (Å²) in [7, 11) is 1.69. The summed E-state index contributed by atoms with van der Waals surface area (Å²) in [5.74, 6) is 1.19. The molecule has 0 fully saturated rings. The Morgan fingerprint density at radius 1 is 1.35 bits per heavy atom. The van der Waals surface area contributed by atoms with E-state index in [9.17, 15) is 4.79 Å². The summed E-state index contributed by atoms with van der Waals surface area (Å²) in [6.45, 7) is 2.28. The minimum Gasteiger partial charge on any atom is -0.485 e. The zero-order chi connectivity index (χ0) is 16.4. The highest BCUT2D eigenvalue weighted by molar-refractivity contribution is 6.31. The first kappa shape index (κ1) is 15.4. The predicted octanol–water partition coefficient (Wildman–Crippen LogP) is 2.35. The number of amides is 1. The summed E-state index contributed by atoms with van der Waals surface area (Å²) in [6.07, 6.45) is 4.87. The molecule has 7 heteroatoms. The van der Waals surface area contributed by atoms with Crippen molar-refractivity contribution in [1.29, 1.82) is 0 Å². The van der Waals surface area contributed by atoms with Gasteiger partial charge < -0.3 is 4.74 Å². The van der Waals surface area contributed by atoms with Crippen molar-refractivity contribution in [2.24, 2.45) is 4.99 Å². The molecule has 2 heterocycles. The van der Waals surface area contributed by atoms with E-state index in [4.69, 9.17) is 16.3 Å². The number of halogens is 1. The fraction of sp³-hybridized carbons (Fsp3) is 0.250. The van der Waals surface area contributed by atoms with Gasteiger partial charge in [0.1, 0.15) is 24.7 Å². The van der Waals surface area contributed by atoms with Crippen LogP contribution in [-0.4, -0.2) is 46.8 Å². The fourth-order valence-electron chi connectivity index (χ4n) is 2.21. The number of aromatic nitrogens is 2. The van der Waals surface area contributed by atoms with Crippen molar-refractivity contribution in [2.75, 3.05) is 20.2 Å². The summed E-state index contributed by atoms with van der Waals surface area (Å²) < 4.78 is 5.88. The van der Waals surface area contributed by atoms with Crippen LogP contribution in [0.2, 0.25) is 5.02 Å². The van der Waals surface area contributed by atoms with Gasteiger partial charge in [0.05, 0.1) is 11.9 Å². The van der Waals surface area contributed by atoms with Gasteiger partial charge in [0.25, 0.3) is 0 Å². The molecular formula is C16H15ClN4O2. The van der Waals surface area contributed by atoms with Crippen LogP contribution in [-0.2, 0) is 4.79 Å². The second kappa shape index (κ2) is 6.34. The van der Waals surface area contributed by atoms with Crippen LogP contribution in [0.25, 0.3) is 11.3 Å². The zero-order valence-corrected chi connectivity index (χ0v) is 13.5. The third-order valence-electron chi connectivity index (χ3n) is 3.61. The molecule has 6 nitrogen and oxygen atoms in total. The van der Waals surface area contributed by atoms with Crippen LogP contribution in [0.4, 0.5) is 0 Å². The monoisotopic (exact) mass is 330 g/mol. The van der Waals surface area contributed by atoms with Crippen molar-refractivity contribution in [2.45, 2.75) is 6.92 Å². The number of hydrogen-bond acceptors (Lipinski definition) is 5. The van der Waals surface area contributed by atoms with E-state index < -0.39 is 0 Å². The molecule has 0 unspecified atom stereocenters. The van der Waals surface area contributed by atoms with E-state index in [1.807, 2.05) is 19.1 Å². The van der Waals surface area contributed by atoms with Gasteiger partial charge in [-0.25, -0.2) is 0 Å². The molecule has 1 aliphatic rings. The maximum atomic E-state index is 11.5. The van der Waals surface area contributed by atoms with Crippen LogP contribution in [0.1, 0.15) is 5.56 Å². The Hall–Kier alpha value is -2.47. The quantitative estimate of drug-likeness (QED) is 0.863. The summed E-state index contributed by atoms with van der Waals surface area (Å²) in [4.78, 5) is 25.5. The normalized spacial score (nSPS) is 14.1. The van der Waals surface area contributed by atoms with Gasteiger partial charge in [-0.15, -0.1) is 0 Å². The van der Waals surface area contributed by atoms with Gasteiger partial charge in [-0.1, -0.05) is 11.6 Å². The average molecular weight is 331 g/mol. The van der Waals surface area contributed by atoms with Crippen molar-refractivity contribution >= 4 is 23.3 Å². The van der Waals surface area contributed by atoms with Crippen molar-refractivity contribution < 1.29 is 9.53 Å². The fourth-order valence-corrected chi connectivity index (χ4v) is 2.38. The molecule has 0 atom stereocenters. The third kappa shape index (κ3) is 3.17. The molecule has 2 aromatic rings. The van der Waals surface area contributed by atoms with Crippen LogP contribution in [0.15, 0.2) is 35.7 Å². The number of rotatable bonds is 4. The largest absolute Gasteiger partial charge is 0.485 e. The Balaban J connectivity index is 1.89. The van der Waals surface area contributed by atoms with Crippen LogP contribution in [0.3, 0.4) is 0 Å². The Bertz CT molecular complexity index is 777. The topological polar surface area (TPSA) is 67.7 Å². The zero-order valence-electron chi connectivity index (χ0n) is 12.8. The molecule has 0 spiro atoms. The van der Waals surface area contributed by atoms with Crippen molar-refractivity contribution in [3.05, 3.63) is 41.3 Å². The summed E-state index contributed by atoms with van der Waals surface area (Å²) in [5.41, 5.74) is 2.32. The maximum absolute atomic E-state index is 11.5. The second-order valence-corrected chi connectivity index (χ2v) is 5.57. The molecule has 118 valence electrons. The number of nitrogens with zero attached hydrogens (tertiary/aromatic N) is 4. The molecule has 0 saturated heterocycles. The number of aliphatic imine (C=N–C) groups is 1. The maximum Gasteiger partial charge on any atom is 0.249 e. The first-order valence-corrected chi connectivity index (χ1v) is 7.43. The lowest BCUT2D eigenvalue weighted by atomic mass is 10.1. The van der Waals surface area contributed by atoms with Gasteiger partial charge >= 0.3 is 0 Å². The summed E-state index contributed by atoms with van der Waals surface area (Å²) >= 11 is 6.22. The number of ether oxygens (including phenoxy) is 1. The smallest absolute Gasteiger partial charge is 0.249 e. The van der Waals surface area contributed by atoms with Gasteiger partial charge in [0, 0.05) is 30.0 Å². The van der Waals surface area contributed by atoms with Crippen LogP contribution < -0.4 is 4.74 Å². The van der Waals surface area contributed by atoms with E-state index in [2.05, 4.69) is 15.0 Å². The lowest BCUT2D eigenvalue weighted by Gasteiger charge is -2.16. The molecule has 23 heavy (non-hydrogen) atoms. The number of amidine groups is 1. The van der Waals surface area contributed by atoms with Crippen molar-refractivity contribution in [1.82, 2.24) is 14.9 Å². The van der Waals surface area contributed by atoms with Crippen LogP contribution in [0.5, 0.6) is 5.75 Å². The Kier molecular flexibility index (Phi) is 4.25. The van der Waals surface area contributed by atoms with Gasteiger partial charge in [-0.05, 0) is 24.6 Å². The second-order valence-electron chi connectivity index (χ2n) is 5.16. The molecule has 1 aromatic carbocycles. The number of carbonyl (C=O) groups excluding carboxylic acids is 1. The minimum atomic E-state index is -0.0370. The SMILES string of the molecule is Cc1cc(OCC2=NCC(=O)N2C)c(-c2cnccn2)cc1Cl. The molecule has 0 saturated carbocycles. The highest BCUT2D eigenvalue weighted by Gasteiger charge is 2.22. The van der Waals surface area contributed by atoms with Crippen LogP contribution >= 0.6 is 11.6 Å². The number of benzene rings is 1. The number of hydrogen-bond donors (Lipinski definition) is 0. The average Bonchev–Trinajstić information content (AvgIpc) is 2.88.